The maximum absolute atomic E-state index is 9.32. The van der Waals surface area contributed by atoms with Gasteiger partial charge in [-0.2, -0.15) is 0 Å². The standard InChI is InChI=1S/C12H15ClN2O/c1-3-8(2)15-11-6-9(13)4-5-10(11)14-12(15)7-16/h4-6,8,16H,3,7H2,1-2H3/t8-/m1/s1. The number of aromatic nitrogens is 2. The summed E-state index contributed by atoms with van der Waals surface area (Å²) in [4.78, 5) is 4.40. The van der Waals surface area contributed by atoms with Crippen molar-refractivity contribution in [3.63, 3.8) is 0 Å². The third kappa shape index (κ3) is 1.81. The summed E-state index contributed by atoms with van der Waals surface area (Å²) in [6, 6.07) is 5.91. The first-order chi connectivity index (χ1) is 7.67. The molecule has 0 amide bonds. The van der Waals surface area contributed by atoms with Crippen LogP contribution in [-0.2, 0) is 6.61 Å². The lowest BCUT2D eigenvalue weighted by Gasteiger charge is -2.14. The molecule has 1 aromatic heterocycles. The van der Waals surface area contributed by atoms with Crippen LogP contribution in [0.15, 0.2) is 18.2 Å². The lowest BCUT2D eigenvalue weighted by molar-refractivity contribution is 0.262. The molecule has 0 unspecified atom stereocenters. The van der Waals surface area contributed by atoms with Crippen LogP contribution in [0, 0.1) is 0 Å². The minimum absolute atomic E-state index is 0.0450. The normalized spacial score (nSPS) is 13.2. The highest BCUT2D eigenvalue weighted by Crippen LogP contribution is 2.25. The van der Waals surface area contributed by atoms with E-state index >= 15 is 0 Å². The highest BCUT2D eigenvalue weighted by Gasteiger charge is 2.14. The molecular formula is C12H15ClN2O. The molecule has 2 rings (SSSR count). The van der Waals surface area contributed by atoms with Crippen molar-refractivity contribution in [1.82, 2.24) is 9.55 Å². The topological polar surface area (TPSA) is 38.0 Å². The Morgan fingerprint density at radius 3 is 2.88 bits per heavy atom. The molecule has 86 valence electrons. The lowest BCUT2D eigenvalue weighted by Crippen LogP contribution is -2.08. The monoisotopic (exact) mass is 238 g/mol. The fraction of sp³-hybridized carbons (Fsp3) is 0.417. The van der Waals surface area contributed by atoms with Crippen LogP contribution in [0.2, 0.25) is 5.02 Å². The van der Waals surface area contributed by atoms with E-state index in [0.29, 0.717) is 16.9 Å². The third-order valence-corrected chi connectivity index (χ3v) is 3.13. The minimum Gasteiger partial charge on any atom is -0.388 e. The van der Waals surface area contributed by atoms with Crippen LogP contribution in [0.1, 0.15) is 32.1 Å². The van der Waals surface area contributed by atoms with Gasteiger partial charge in [-0.3, -0.25) is 0 Å². The maximum atomic E-state index is 9.32. The summed E-state index contributed by atoms with van der Waals surface area (Å²) in [7, 11) is 0. The second-order valence-electron chi connectivity index (χ2n) is 3.95. The molecule has 0 bridgehead atoms. The van der Waals surface area contributed by atoms with Crippen LogP contribution < -0.4 is 0 Å². The minimum atomic E-state index is -0.0450. The number of imidazole rings is 1. The van der Waals surface area contributed by atoms with Crippen molar-refractivity contribution in [1.29, 1.82) is 0 Å². The summed E-state index contributed by atoms with van der Waals surface area (Å²) in [6.45, 7) is 4.18. The Kier molecular flexibility index (Phi) is 3.17. The van der Waals surface area contributed by atoms with Crippen LogP contribution >= 0.6 is 11.6 Å². The molecule has 4 heteroatoms. The van der Waals surface area contributed by atoms with E-state index in [1.54, 1.807) is 0 Å². The molecule has 16 heavy (non-hydrogen) atoms. The summed E-state index contributed by atoms with van der Waals surface area (Å²) >= 11 is 5.99. The van der Waals surface area contributed by atoms with Crippen LogP contribution in [0.4, 0.5) is 0 Å². The summed E-state index contributed by atoms with van der Waals surface area (Å²) in [6.07, 6.45) is 0.991. The second kappa shape index (κ2) is 4.44. The van der Waals surface area contributed by atoms with Gasteiger partial charge < -0.3 is 9.67 Å². The molecule has 0 spiro atoms. The Morgan fingerprint density at radius 2 is 2.25 bits per heavy atom. The molecule has 1 atom stereocenters. The van der Waals surface area contributed by atoms with Gasteiger partial charge >= 0.3 is 0 Å². The highest BCUT2D eigenvalue weighted by atomic mass is 35.5. The second-order valence-corrected chi connectivity index (χ2v) is 4.38. The molecule has 3 nitrogen and oxygen atoms in total. The van der Waals surface area contributed by atoms with Crippen molar-refractivity contribution < 1.29 is 5.11 Å². The van der Waals surface area contributed by atoms with E-state index in [-0.39, 0.29) is 6.61 Å². The Labute approximate surface area is 99.7 Å². The molecule has 0 saturated carbocycles. The summed E-state index contributed by atoms with van der Waals surface area (Å²) < 4.78 is 2.06. The van der Waals surface area contributed by atoms with E-state index in [1.807, 2.05) is 18.2 Å². The molecule has 0 aliphatic carbocycles. The van der Waals surface area contributed by atoms with Gasteiger partial charge in [0.2, 0.25) is 0 Å². The Hall–Kier alpha value is -1.06. The van der Waals surface area contributed by atoms with E-state index in [0.717, 1.165) is 17.5 Å². The van der Waals surface area contributed by atoms with E-state index < -0.39 is 0 Å². The Balaban J connectivity index is 2.70. The van der Waals surface area contributed by atoms with Crippen molar-refractivity contribution in [2.24, 2.45) is 0 Å². The highest BCUT2D eigenvalue weighted by molar-refractivity contribution is 6.31. The molecule has 1 heterocycles. The van der Waals surface area contributed by atoms with E-state index in [1.165, 1.54) is 0 Å². The van der Waals surface area contributed by atoms with Gasteiger partial charge in [-0.1, -0.05) is 18.5 Å². The quantitative estimate of drug-likeness (QED) is 0.892. The predicted octanol–water partition coefficient (Wildman–Crippen LogP) is 3.15. The van der Waals surface area contributed by atoms with Crippen LogP contribution in [0.25, 0.3) is 11.0 Å². The number of hydrogen-bond acceptors (Lipinski definition) is 2. The summed E-state index contributed by atoms with van der Waals surface area (Å²) in [5, 5.41) is 10.0. The number of benzene rings is 1. The van der Waals surface area contributed by atoms with Gasteiger partial charge in [0.1, 0.15) is 12.4 Å². The molecule has 0 saturated heterocycles. The SMILES string of the molecule is CC[C@@H](C)n1c(CO)nc2ccc(Cl)cc21. The van der Waals surface area contributed by atoms with Gasteiger partial charge in [-0.25, -0.2) is 4.98 Å². The van der Waals surface area contributed by atoms with E-state index in [4.69, 9.17) is 11.6 Å². The Morgan fingerprint density at radius 1 is 1.50 bits per heavy atom. The molecule has 0 aliphatic heterocycles. The molecule has 1 N–H and O–H groups in total. The molecule has 1 aromatic carbocycles. The molecule has 0 aliphatic rings. The number of hydrogen-bond donors (Lipinski definition) is 1. The largest absolute Gasteiger partial charge is 0.388 e. The summed E-state index contributed by atoms with van der Waals surface area (Å²) in [5.41, 5.74) is 1.87. The molecular weight excluding hydrogens is 224 g/mol. The van der Waals surface area contributed by atoms with Crippen molar-refractivity contribution >= 4 is 22.6 Å². The number of halogens is 1. The van der Waals surface area contributed by atoms with E-state index in [9.17, 15) is 5.11 Å². The number of aliphatic hydroxyl groups excluding tert-OH is 1. The van der Waals surface area contributed by atoms with Gasteiger partial charge in [0.15, 0.2) is 0 Å². The number of rotatable bonds is 3. The van der Waals surface area contributed by atoms with Crippen molar-refractivity contribution in [3.05, 3.63) is 29.0 Å². The molecule has 0 fully saturated rings. The first-order valence-corrected chi connectivity index (χ1v) is 5.82. The first-order valence-electron chi connectivity index (χ1n) is 5.44. The van der Waals surface area contributed by atoms with Gasteiger partial charge in [0.25, 0.3) is 0 Å². The number of nitrogens with zero attached hydrogens (tertiary/aromatic N) is 2. The zero-order valence-corrected chi connectivity index (χ0v) is 10.2. The van der Waals surface area contributed by atoms with Crippen molar-refractivity contribution in [3.8, 4) is 0 Å². The average molecular weight is 239 g/mol. The van der Waals surface area contributed by atoms with E-state index in [2.05, 4.69) is 23.4 Å². The molecule has 0 radical (unpaired) electrons. The maximum Gasteiger partial charge on any atom is 0.135 e. The summed E-state index contributed by atoms with van der Waals surface area (Å²) in [5.74, 6) is 0.701. The van der Waals surface area contributed by atoms with Gasteiger partial charge in [-0.05, 0) is 31.5 Å². The molecule has 2 aromatic rings. The van der Waals surface area contributed by atoms with Gasteiger partial charge in [-0.15, -0.1) is 0 Å². The fourth-order valence-corrected chi connectivity index (χ4v) is 2.07. The lowest BCUT2D eigenvalue weighted by atomic mass is 10.2. The zero-order valence-electron chi connectivity index (χ0n) is 9.44. The number of fused-ring (bicyclic) bond motifs is 1. The average Bonchev–Trinajstić information content (AvgIpc) is 2.65. The first kappa shape index (κ1) is 11.4. The van der Waals surface area contributed by atoms with Crippen LogP contribution in [0.5, 0.6) is 0 Å². The van der Waals surface area contributed by atoms with Crippen molar-refractivity contribution in [2.75, 3.05) is 0 Å². The smallest absolute Gasteiger partial charge is 0.135 e. The van der Waals surface area contributed by atoms with Crippen molar-refractivity contribution in [2.45, 2.75) is 32.9 Å². The van der Waals surface area contributed by atoms with Crippen LogP contribution in [0.3, 0.4) is 0 Å². The predicted molar refractivity (Wildman–Crippen MR) is 65.7 cm³/mol. The Bertz CT molecular complexity index is 507. The fourth-order valence-electron chi connectivity index (χ4n) is 1.90. The third-order valence-electron chi connectivity index (χ3n) is 2.90. The zero-order chi connectivity index (χ0) is 11.7. The van der Waals surface area contributed by atoms with Crippen LogP contribution in [-0.4, -0.2) is 14.7 Å². The van der Waals surface area contributed by atoms with Gasteiger partial charge in [0, 0.05) is 11.1 Å². The number of aliphatic hydroxyl groups is 1. The van der Waals surface area contributed by atoms with Gasteiger partial charge in [0.05, 0.1) is 11.0 Å².